The first-order chi connectivity index (χ1) is 8.40. The molecule has 1 aromatic rings. The predicted molar refractivity (Wildman–Crippen MR) is 64.7 cm³/mol. The molecule has 0 heterocycles. The van der Waals surface area contributed by atoms with Crippen LogP contribution in [0.15, 0.2) is 30.3 Å². The number of hydrogen-bond donors (Lipinski definition) is 0. The first kappa shape index (κ1) is 12.6. The summed E-state index contributed by atoms with van der Waals surface area (Å²) in [6, 6.07) is 9.37. The largest absolute Gasteiger partial charge is 0.455 e. The molecule has 4 nitrogen and oxygen atoms in total. The summed E-state index contributed by atoms with van der Waals surface area (Å²) in [5, 5.41) is 0. The number of esters is 2. The maximum Gasteiger partial charge on any atom is 0.303 e. The molecule has 1 aliphatic carbocycles. The Morgan fingerprint density at radius 3 is 2.11 bits per heavy atom. The lowest BCUT2D eigenvalue weighted by molar-refractivity contribution is -0.164. The van der Waals surface area contributed by atoms with Crippen molar-refractivity contribution in [1.82, 2.24) is 0 Å². The molecule has 0 saturated heterocycles. The van der Waals surface area contributed by atoms with Gasteiger partial charge in [0.15, 0.2) is 11.2 Å². The quantitative estimate of drug-likeness (QED) is 0.769. The second-order valence-corrected chi connectivity index (χ2v) is 4.79. The summed E-state index contributed by atoms with van der Waals surface area (Å²) in [5.41, 5.74) is -0.763. The fourth-order valence-electron chi connectivity index (χ4n) is 2.43. The molecule has 4 heteroatoms. The van der Waals surface area contributed by atoms with Crippen molar-refractivity contribution in [1.29, 1.82) is 0 Å². The molecule has 0 aliphatic heterocycles. The van der Waals surface area contributed by atoms with Crippen LogP contribution in [0, 0.1) is 0 Å². The second-order valence-electron chi connectivity index (χ2n) is 4.79. The van der Waals surface area contributed by atoms with Gasteiger partial charge in [0.2, 0.25) is 0 Å². The average Bonchev–Trinajstić information content (AvgIpc) is 2.83. The van der Waals surface area contributed by atoms with Crippen LogP contribution in [0.3, 0.4) is 0 Å². The van der Waals surface area contributed by atoms with Gasteiger partial charge in [-0.1, -0.05) is 30.3 Å². The Labute approximate surface area is 106 Å². The van der Waals surface area contributed by atoms with E-state index in [9.17, 15) is 9.59 Å². The number of carbonyl (C=O) groups excluding carboxylic acids is 2. The number of benzene rings is 1. The van der Waals surface area contributed by atoms with Crippen LogP contribution in [0.2, 0.25) is 0 Å². The molecule has 1 saturated carbocycles. The third-order valence-corrected chi connectivity index (χ3v) is 3.24. The minimum atomic E-state index is -0.842. The molecule has 2 atom stereocenters. The van der Waals surface area contributed by atoms with E-state index in [-0.39, 0.29) is 11.9 Å². The van der Waals surface area contributed by atoms with Gasteiger partial charge in [0.05, 0.1) is 0 Å². The summed E-state index contributed by atoms with van der Waals surface area (Å²) < 4.78 is 10.7. The molecule has 0 bridgehead atoms. The summed E-state index contributed by atoms with van der Waals surface area (Å²) >= 11 is 0. The summed E-state index contributed by atoms with van der Waals surface area (Å²) in [6.45, 7) is 4.49. The van der Waals surface area contributed by atoms with Crippen molar-refractivity contribution < 1.29 is 19.1 Å². The van der Waals surface area contributed by atoms with Gasteiger partial charge in [-0.25, -0.2) is 0 Å². The van der Waals surface area contributed by atoms with Crippen molar-refractivity contribution in [2.45, 2.75) is 38.4 Å². The van der Waals surface area contributed by atoms with E-state index >= 15 is 0 Å². The highest BCUT2D eigenvalue weighted by atomic mass is 16.6. The Morgan fingerprint density at radius 2 is 1.61 bits per heavy atom. The van der Waals surface area contributed by atoms with E-state index in [1.807, 2.05) is 30.3 Å². The van der Waals surface area contributed by atoms with Gasteiger partial charge in [0.25, 0.3) is 0 Å². The van der Waals surface area contributed by atoms with E-state index in [1.54, 1.807) is 6.92 Å². The summed E-state index contributed by atoms with van der Waals surface area (Å²) in [4.78, 5) is 22.4. The van der Waals surface area contributed by atoms with Crippen LogP contribution in [0.25, 0.3) is 0 Å². The van der Waals surface area contributed by atoms with Crippen LogP contribution >= 0.6 is 0 Å². The number of rotatable bonds is 3. The molecule has 0 unspecified atom stereocenters. The minimum Gasteiger partial charge on any atom is -0.455 e. The zero-order chi connectivity index (χ0) is 13.4. The second kappa shape index (κ2) is 4.12. The van der Waals surface area contributed by atoms with E-state index in [4.69, 9.17) is 9.47 Å². The van der Waals surface area contributed by atoms with Crippen LogP contribution in [-0.2, 0) is 24.7 Å². The van der Waals surface area contributed by atoms with Gasteiger partial charge >= 0.3 is 11.9 Å². The van der Waals surface area contributed by atoms with E-state index < -0.39 is 11.2 Å². The predicted octanol–water partition coefficient (Wildman–Crippen LogP) is 2.17. The Morgan fingerprint density at radius 1 is 1.06 bits per heavy atom. The van der Waals surface area contributed by atoms with Crippen molar-refractivity contribution in [3.8, 4) is 0 Å². The molecule has 0 spiro atoms. The van der Waals surface area contributed by atoms with Crippen LogP contribution < -0.4 is 0 Å². The highest BCUT2D eigenvalue weighted by Crippen LogP contribution is 2.60. The zero-order valence-corrected chi connectivity index (χ0v) is 10.7. The van der Waals surface area contributed by atoms with Gasteiger partial charge in [-0.05, 0) is 12.5 Å². The van der Waals surface area contributed by atoms with Gasteiger partial charge in [0.1, 0.15) is 0 Å². The van der Waals surface area contributed by atoms with Crippen LogP contribution in [0.1, 0.15) is 32.8 Å². The van der Waals surface area contributed by atoms with Crippen molar-refractivity contribution >= 4 is 11.9 Å². The standard InChI is InChI=1S/C14H16O4/c1-10(15)17-13(3)9-14(13,18-11(2)16)12-7-5-4-6-8-12/h4-8H,9H2,1-3H3/t13-,14-/m1/s1. The molecule has 18 heavy (non-hydrogen) atoms. The van der Waals surface area contributed by atoms with Gasteiger partial charge < -0.3 is 9.47 Å². The molecule has 0 aromatic heterocycles. The number of ether oxygens (including phenoxy) is 2. The molecular weight excluding hydrogens is 232 g/mol. The number of hydrogen-bond acceptors (Lipinski definition) is 4. The first-order valence-corrected chi connectivity index (χ1v) is 5.84. The van der Waals surface area contributed by atoms with E-state index in [1.165, 1.54) is 13.8 Å². The third-order valence-electron chi connectivity index (χ3n) is 3.24. The maximum atomic E-state index is 11.3. The maximum absolute atomic E-state index is 11.3. The van der Waals surface area contributed by atoms with Crippen LogP contribution in [-0.4, -0.2) is 17.5 Å². The SMILES string of the molecule is CC(=O)O[C@]1(C)C[C@@]1(OC(C)=O)c1ccccc1. The Hall–Kier alpha value is -1.84. The topological polar surface area (TPSA) is 52.6 Å². The van der Waals surface area contributed by atoms with Crippen LogP contribution in [0.5, 0.6) is 0 Å². The highest BCUT2D eigenvalue weighted by molar-refractivity contribution is 5.70. The minimum absolute atomic E-state index is 0.373. The normalized spacial score (nSPS) is 29.5. The van der Waals surface area contributed by atoms with E-state index in [0.29, 0.717) is 6.42 Å². The zero-order valence-electron chi connectivity index (χ0n) is 10.7. The first-order valence-electron chi connectivity index (χ1n) is 5.84. The van der Waals surface area contributed by atoms with E-state index in [0.717, 1.165) is 5.56 Å². The summed E-state index contributed by atoms with van der Waals surface area (Å²) in [5.74, 6) is -0.753. The van der Waals surface area contributed by atoms with Gasteiger partial charge in [-0.2, -0.15) is 0 Å². The smallest absolute Gasteiger partial charge is 0.303 e. The molecule has 1 aromatic carbocycles. The highest BCUT2D eigenvalue weighted by Gasteiger charge is 2.72. The molecule has 2 rings (SSSR count). The Kier molecular flexibility index (Phi) is 2.89. The van der Waals surface area contributed by atoms with E-state index in [2.05, 4.69) is 0 Å². The molecule has 0 radical (unpaired) electrons. The fourth-order valence-corrected chi connectivity index (χ4v) is 2.43. The van der Waals surface area contributed by atoms with Crippen molar-refractivity contribution in [2.24, 2.45) is 0 Å². The lowest BCUT2D eigenvalue weighted by Gasteiger charge is -2.22. The molecule has 1 fully saturated rings. The lowest BCUT2D eigenvalue weighted by atomic mass is 10.0. The van der Waals surface area contributed by atoms with Crippen LogP contribution in [0.4, 0.5) is 0 Å². The molecular formula is C14H16O4. The number of carbonyl (C=O) groups is 2. The summed E-state index contributed by atoms with van der Waals surface area (Å²) in [7, 11) is 0. The Bertz CT molecular complexity index is 482. The molecule has 96 valence electrons. The van der Waals surface area contributed by atoms with Gasteiger partial charge in [-0.15, -0.1) is 0 Å². The van der Waals surface area contributed by atoms with Crippen molar-refractivity contribution in [3.63, 3.8) is 0 Å². The average molecular weight is 248 g/mol. The Balaban J connectivity index is 2.34. The van der Waals surface area contributed by atoms with Gasteiger partial charge in [-0.3, -0.25) is 9.59 Å². The van der Waals surface area contributed by atoms with Crippen molar-refractivity contribution in [3.05, 3.63) is 35.9 Å². The van der Waals surface area contributed by atoms with Gasteiger partial charge in [0, 0.05) is 20.3 Å². The third kappa shape index (κ3) is 1.98. The molecule has 0 N–H and O–H groups in total. The lowest BCUT2D eigenvalue weighted by Crippen LogP contribution is -2.30. The fraction of sp³-hybridized carbons (Fsp3) is 0.429. The molecule has 1 aliphatic rings. The summed E-state index contributed by atoms with van der Waals surface area (Å²) in [6.07, 6.45) is 0.489. The van der Waals surface area contributed by atoms with Crippen molar-refractivity contribution in [2.75, 3.05) is 0 Å². The molecule has 0 amide bonds. The monoisotopic (exact) mass is 248 g/mol.